The molecule has 0 aliphatic rings. The number of ether oxygens (including phenoxy) is 1. The molecule has 0 saturated carbocycles. The maximum Gasteiger partial charge on any atom is 0.275 e. The molecule has 1 unspecified atom stereocenters. The van der Waals surface area contributed by atoms with Crippen LogP contribution in [-0.2, 0) is 11.3 Å². The van der Waals surface area contributed by atoms with Crippen LogP contribution in [0.4, 0.5) is 0 Å². The number of nitrogens with one attached hydrogen (secondary N) is 2. The summed E-state index contributed by atoms with van der Waals surface area (Å²) in [6.07, 6.45) is 0. The fraction of sp³-hybridized carbons (Fsp3) is 0.316. The van der Waals surface area contributed by atoms with Crippen LogP contribution in [0.15, 0.2) is 53.0 Å². The number of carbonyl (C=O) groups is 1. The van der Waals surface area contributed by atoms with Gasteiger partial charge < -0.3 is 15.0 Å². The van der Waals surface area contributed by atoms with Crippen molar-refractivity contribution < 1.29 is 14.4 Å². The standard InChI is InChI=1S/C19H23BrN2O2/c1-14(16-7-9-17(20)10-8-16)21-19(23)13-22(2)12-15-5-4-6-18(11-15)24-3/h4-11,14H,12-13H2,1-3H3,(H,21,23)/p+1/t14-/m1/s1. The summed E-state index contributed by atoms with van der Waals surface area (Å²) < 4.78 is 6.27. The topological polar surface area (TPSA) is 42.8 Å². The third-order valence-electron chi connectivity index (χ3n) is 3.85. The number of hydrogen-bond acceptors (Lipinski definition) is 2. The maximum atomic E-state index is 12.3. The number of benzene rings is 2. The molecule has 0 spiro atoms. The molecule has 1 amide bonds. The molecule has 24 heavy (non-hydrogen) atoms. The zero-order valence-electron chi connectivity index (χ0n) is 14.3. The molecule has 0 radical (unpaired) electrons. The van der Waals surface area contributed by atoms with Crippen LogP contribution < -0.4 is 15.0 Å². The average Bonchev–Trinajstić information content (AvgIpc) is 2.55. The Morgan fingerprint density at radius 3 is 2.62 bits per heavy atom. The van der Waals surface area contributed by atoms with Gasteiger partial charge in [0.1, 0.15) is 12.3 Å². The van der Waals surface area contributed by atoms with Crippen molar-refractivity contribution in [1.29, 1.82) is 0 Å². The van der Waals surface area contributed by atoms with Crippen LogP contribution in [-0.4, -0.2) is 26.6 Å². The van der Waals surface area contributed by atoms with Crippen molar-refractivity contribution >= 4 is 21.8 Å². The molecule has 4 nitrogen and oxygen atoms in total. The summed E-state index contributed by atoms with van der Waals surface area (Å²) in [5.41, 5.74) is 2.25. The van der Waals surface area contributed by atoms with Gasteiger partial charge in [0.2, 0.25) is 0 Å². The number of amides is 1. The Bertz CT molecular complexity index is 673. The first-order chi connectivity index (χ1) is 11.5. The highest BCUT2D eigenvalue weighted by Gasteiger charge is 2.14. The van der Waals surface area contributed by atoms with Gasteiger partial charge in [-0.3, -0.25) is 4.79 Å². The fourth-order valence-electron chi connectivity index (χ4n) is 2.59. The molecule has 2 aromatic carbocycles. The first-order valence-corrected chi connectivity index (χ1v) is 8.76. The predicted molar refractivity (Wildman–Crippen MR) is 99.2 cm³/mol. The van der Waals surface area contributed by atoms with E-state index in [0.717, 1.165) is 32.8 Å². The Labute approximate surface area is 151 Å². The van der Waals surface area contributed by atoms with E-state index in [1.807, 2.05) is 62.5 Å². The summed E-state index contributed by atoms with van der Waals surface area (Å²) in [5.74, 6) is 0.888. The van der Waals surface area contributed by atoms with E-state index in [9.17, 15) is 4.79 Å². The lowest BCUT2D eigenvalue weighted by atomic mass is 10.1. The van der Waals surface area contributed by atoms with Crippen molar-refractivity contribution in [2.45, 2.75) is 19.5 Å². The number of likely N-dealkylation sites (N-methyl/N-ethyl adjacent to an activating group) is 1. The average molecular weight is 392 g/mol. The van der Waals surface area contributed by atoms with Crippen molar-refractivity contribution in [2.24, 2.45) is 0 Å². The van der Waals surface area contributed by atoms with Crippen LogP contribution in [0.3, 0.4) is 0 Å². The summed E-state index contributed by atoms with van der Waals surface area (Å²) in [7, 11) is 3.68. The van der Waals surface area contributed by atoms with E-state index in [1.165, 1.54) is 0 Å². The van der Waals surface area contributed by atoms with E-state index >= 15 is 0 Å². The van der Waals surface area contributed by atoms with Gasteiger partial charge in [0.05, 0.1) is 20.2 Å². The van der Waals surface area contributed by atoms with Gasteiger partial charge >= 0.3 is 0 Å². The Morgan fingerprint density at radius 1 is 1.25 bits per heavy atom. The Hall–Kier alpha value is -1.85. The molecule has 128 valence electrons. The molecule has 0 fully saturated rings. The van der Waals surface area contributed by atoms with Gasteiger partial charge in [-0.1, -0.05) is 40.2 Å². The zero-order valence-corrected chi connectivity index (χ0v) is 15.9. The number of halogens is 1. The minimum atomic E-state index is -0.00443. The second-order valence-electron chi connectivity index (χ2n) is 6.00. The largest absolute Gasteiger partial charge is 0.497 e. The van der Waals surface area contributed by atoms with Gasteiger partial charge in [-0.25, -0.2) is 0 Å². The number of carbonyl (C=O) groups excluding carboxylic acids is 1. The summed E-state index contributed by atoms with van der Waals surface area (Å²) >= 11 is 3.42. The first kappa shape index (κ1) is 18.5. The molecule has 0 heterocycles. The van der Waals surface area contributed by atoms with Crippen LogP contribution >= 0.6 is 15.9 Å². The summed E-state index contributed by atoms with van der Waals surface area (Å²) in [6, 6.07) is 15.9. The van der Waals surface area contributed by atoms with Gasteiger partial charge in [-0.2, -0.15) is 0 Å². The second-order valence-corrected chi connectivity index (χ2v) is 6.92. The third-order valence-corrected chi connectivity index (χ3v) is 4.38. The van der Waals surface area contributed by atoms with E-state index in [-0.39, 0.29) is 11.9 Å². The van der Waals surface area contributed by atoms with Crippen molar-refractivity contribution in [3.8, 4) is 5.75 Å². The summed E-state index contributed by atoms with van der Waals surface area (Å²) in [5, 5.41) is 3.06. The first-order valence-electron chi connectivity index (χ1n) is 7.97. The summed E-state index contributed by atoms with van der Waals surface area (Å²) in [6.45, 7) is 3.20. The second kappa shape index (κ2) is 8.85. The molecule has 5 heteroatoms. The lowest BCUT2D eigenvalue weighted by molar-refractivity contribution is -0.885. The van der Waals surface area contributed by atoms with Crippen LogP contribution in [0.5, 0.6) is 5.75 Å². The fourth-order valence-corrected chi connectivity index (χ4v) is 2.86. The molecule has 2 aromatic rings. The molecule has 2 N–H and O–H groups in total. The van der Waals surface area contributed by atoms with E-state index in [4.69, 9.17) is 4.74 Å². The van der Waals surface area contributed by atoms with Crippen molar-refractivity contribution in [3.63, 3.8) is 0 Å². The van der Waals surface area contributed by atoms with Crippen molar-refractivity contribution in [2.75, 3.05) is 20.7 Å². The molecule has 0 aliphatic carbocycles. The molecule has 0 aromatic heterocycles. The Balaban J connectivity index is 1.85. The predicted octanol–water partition coefficient (Wildman–Crippen LogP) is 2.35. The van der Waals surface area contributed by atoms with Crippen LogP contribution in [0, 0.1) is 0 Å². The number of methoxy groups -OCH3 is 1. The van der Waals surface area contributed by atoms with E-state index in [0.29, 0.717) is 6.54 Å². The molecule has 0 aliphatic heterocycles. The molecular weight excluding hydrogens is 368 g/mol. The van der Waals surface area contributed by atoms with E-state index < -0.39 is 0 Å². The normalized spacial score (nSPS) is 13.2. The van der Waals surface area contributed by atoms with E-state index in [2.05, 4.69) is 21.2 Å². The lowest BCUT2D eigenvalue weighted by Gasteiger charge is -2.18. The smallest absolute Gasteiger partial charge is 0.275 e. The van der Waals surface area contributed by atoms with Crippen molar-refractivity contribution in [1.82, 2.24) is 5.32 Å². The molecule has 0 saturated heterocycles. The van der Waals surface area contributed by atoms with E-state index in [1.54, 1.807) is 7.11 Å². The third kappa shape index (κ3) is 5.65. The van der Waals surface area contributed by atoms with Gasteiger partial charge in [-0.05, 0) is 36.8 Å². The van der Waals surface area contributed by atoms with Gasteiger partial charge in [-0.15, -0.1) is 0 Å². The highest BCUT2D eigenvalue weighted by molar-refractivity contribution is 9.10. The molecule has 2 atom stereocenters. The molecule has 2 rings (SSSR count). The van der Waals surface area contributed by atoms with Gasteiger partial charge in [0.25, 0.3) is 5.91 Å². The van der Waals surface area contributed by atoms with Gasteiger partial charge in [0, 0.05) is 10.0 Å². The minimum absolute atomic E-state index is 0.00443. The molecular formula is C19H24BrN2O2+. The highest BCUT2D eigenvalue weighted by Crippen LogP contribution is 2.16. The van der Waals surface area contributed by atoms with Crippen LogP contribution in [0.1, 0.15) is 24.1 Å². The number of rotatable bonds is 7. The van der Waals surface area contributed by atoms with Crippen LogP contribution in [0.25, 0.3) is 0 Å². The highest BCUT2D eigenvalue weighted by atomic mass is 79.9. The van der Waals surface area contributed by atoms with Crippen molar-refractivity contribution in [3.05, 3.63) is 64.1 Å². The maximum absolute atomic E-state index is 12.3. The van der Waals surface area contributed by atoms with Gasteiger partial charge in [0.15, 0.2) is 6.54 Å². The minimum Gasteiger partial charge on any atom is -0.497 e. The Kier molecular flexibility index (Phi) is 6.82. The number of quaternary nitrogens is 1. The quantitative estimate of drug-likeness (QED) is 0.760. The Morgan fingerprint density at radius 2 is 1.96 bits per heavy atom. The van der Waals surface area contributed by atoms with Crippen LogP contribution in [0.2, 0.25) is 0 Å². The lowest BCUT2D eigenvalue weighted by Crippen LogP contribution is -3.08. The number of hydrogen-bond donors (Lipinski definition) is 2. The summed E-state index contributed by atoms with van der Waals surface area (Å²) in [4.78, 5) is 13.4. The zero-order chi connectivity index (χ0) is 17.5. The SMILES string of the molecule is COc1cccc(C[NH+](C)CC(=O)N[C@H](C)c2ccc(Br)cc2)c1. The molecule has 0 bridgehead atoms. The monoisotopic (exact) mass is 391 g/mol.